The number of nitro groups is 1. The lowest BCUT2D eigenvalue weighted by molar-refractivity contribution is -0.568. The first-order chi connectivity index (χ1) is 8.48. The van der Waals surface area contributed by atoms with Crippen molar-refractivity contribution >= 4 is 5.91 Å². The van der Waals surface area contributed by atoms with Gasteiger partial charge in [0.15, 0.2) is 0 Å². The zero-order valence-corrected chi connectivity index (χ0v) is 10.7. The molecular weight excluding hydrogens is 236 g/mol. The Hall–Kier alpha value is -1.43. The van der Waals surface area contributed by atoms with Gasteiger partial charge < -0.3 is 9.64 Å². The molecule has 18 heavy (non-hydrogen) atoms. The van der Waals surface area contributed by atoms with E-state index in [4.69, 9.17) is 4.74 Å². The van der Waals surface area contributed by atoms with E-state index in [-0.39, 0.29) is 23.5 Å². The van der Waals surface area contributed by atoms with Gasteiger partial charge >= 0.3 is 0 Å². The van der Waals surface area contributed by atoms with Crippen LogP contribution in [-0.2, 0) is 9.53 Å². The second-order valence-electron chi connectivity index (χ2n) is 5.13. The van der Waals surface area contributed by atoms with Crippen molar-refractivity contribution in [1.82, 2.24) is 4.90 Å². The van der Waals surface area contributed by atoms with Crippen molar-refractivity contribution in [2.24, 2.45) is 0 Å². The third-order valence-corrected chi connectivity index (χ3v) is 3.87. The second kappa shape index (κ2) is 4.68. The van der Waals surface area contributed by atoms with Gasteiger partial charge in [-0.2, -0.15) is 0 Å². The molecule has 0 aromatic carbocycles. The largest absolute Gasteiger partial charge is 0.366 e. The molecule has 0 spiro atoms. The maximum atomic E-state index is 11.7. The quantitative estimate of drug-likeness (QED) is 0.418. The van der Waals surface area contributed by atoms with Gasteiger partial charge in [0.25, 0.3) is 5.54 Å². The van der Waals surface area contributed by atoms with Crippen molar-refractivity contribution in [3.8, 4) is 0 Å². The normalized spacial score (nSPS) is 33.2. The molecule has 1 saturated carbocycles. The van der Waals surface area contributed by atoms with E-state index in [2.05, 4.69) is 0 Å². The predicted molar refractivity (Wildman–Crippen MR) is 64.7 cm³/mol. The number of nitrogens with zero attached hydrogens (tertiary/aromatic N) is 2. The lowest BCUT2D eigenvalue weighted by Crippen LogP contribution is -2.49. The molecule has 1 aliphatic heterocycles. The molecule has 1 aliphatic carbocycles. The van der Waals surface area contributed by atoms with E-state index in [1.807, 2.05) is 0 Å². The Balaban J connectivity index is 2.36. The van der Waals surface area contributed by atoms with Crippen molar-refractivity contribution < 1.29 is 14.5 Å². The second-order valence-corrected chi connectivity index (χ2v) is 5.13. The van der Waals surface area contributed by atoms with Crippen LogP contribution in [-0.4, -0.2) is 48.1 Å². The van der Waals surface area contributed by atoms with Crippen LogP contribution in [0.2, 0.25) is 0 Å². The van der Waals surface area contributed by atoms with Crippen molar-refractivity contribution in [1.29, 1.82) is 0 Å². The fraction of sp³-hybridized carbons (Fsp3) is 0.750. The fourth-order valence-corrected chi connectivity index (χ4v) is 2.80. The van der Waals surface area contributed by atoms with Crippen molar-refractivity contribution in [3.05, 3.63) is 21.8 Å². The van der Waals surface area contributed by atoms with Gasteiger partial charge in [-0.05, 0) is 12.8 Å². The van der Waals surface area contributed by atoms with Crippen LogP contribution in [0.4, 0.5) is 0 Å². The minimum absolute atomic E-state index is 0.200. The number of carbonyl (C=O) groups excluding carboxylic acids is 1. The van der Waals surface area contributed by atoms with E-state index in [0.29, 0.717) is 18.4 Å². The van der Waals surface area contributed by atoms with Crippen LogP contribution in [0.5, 0.6) is 0 Å². The first-order valence-electron chi connectivity index (χ1n) is 6.17. The third kappa shape index (κ3) is 1.90. The summed E-state index contributed by atoms with van der Waals surface area (Å²) in [5, 5.41) is 11.5. The average Bonchev–Trinajstić information content (AvgIpc) is 2.69. The number of ether oxygens (including phenoxy) is 1. The van der Waals surface area contributed by atoms with E-state index in [9.17, 15) is 14.9 Å². The number of rotatable bonds is 2. The number of amides is 1. The Morgan fingerprint density at radius 1 is 1.56 bits per heavy atom. The summed E-state index contributed by atoms with van der Waals surface area (Å²) in [5.41, 5.74) is -0.639. The van der Waals surface area contributed by atoms with Crippen LogP contribution in [0.3, 0.4) is 0 Å². The van der Waals surface area contributed by atoms with Crippen LogP contribution in [0.1, 0.15) is 25.7 Å². The molecule has 6 heteroatoms. The van der Waals surface area contributed by atoms with Gasteiger partial charge in [-0.15, -0.1) is 0 Å². The molecule has 100 valence electrons. The van der Waals surface area contributed by atoms with E-state index in [1.54, 1.807) is 14.1 Å². The predicted octanol–water partition coefficient (Wildman–Crippen LogP) is 0.989. The van der Waals surface area contributed by atoms with Gasteiger partial charge in [0.2, 0.25) is 5.91 Å². The Bertz CT molecular complexity index is 405. The molecule has 2 rings (SSSR count). The van der Waals surface area contributed by atoms with Crippen molar-refractivity contribution in [2.75, 3.05) is 20.7 Å². The monoisotopic (exact) mass is 254 g/mol. The molecule has 2 atom stereocenters. The van der Waals surface area contributed by atoms with Crippen LogP contribution < -0.4 is 0 Å². The molecule has 0 bridgehead atoms. The van der Waals surface area contributed by atoms with E-state index in [0.717, 1.165) is 12.8 Å². The molecule has 6 nitrogen and oxygen atoms in total. The molecular formula is C12H18N2O4. The molecule has 1 saturated heterocycles. The smallest absolute Gasteiger partial charge is 0.271 e. The summed E-state index contributed by atoms with van der Waals surface area (Å²) in [7, 11) is 3.26. The van der Waals surface area contributed by atoms with E-state index < -0.39 is 5.54 Å². The standard InChI is InChI=1S/C12H18N2O4/c1-13(2)11(15)7-9-8-18-10-5-3-4-6-12(9,10)14(16)17/h7,10H,3-6,8H2,1-2H3/b9-7-/t10-,12+/m1/s1. The molecule has 0 aromatic heterocycles. The summed E-state index contributed by atoms with van der Waals surface area (Å²) in [6.45, 7) is 0.200. The molecule has 0 aromatic rings. The van der Waals surface area contributed by atoms with Gasteiger partial charge in [-0.1, -0.05) is 6.42 Å². The van der Waals surface area contributed by atoms with Crippen LogP contribution in [0.25, 0.3) is 0 Å². The highest BCUT2D eigenvalue weighted by molar-refractivity contribution is 5.88. The van der Waals surface area contributed by atoms with Gasteiger partial charge in [0.1, 0.15) is 6.10 Å². The molecule has 0 unspecified atom stereocenters. The Kier molecular flexibility index (Phi) is 3.38. The molecule has 2 aliphatic rings. The first kappa shape index (κ1) is 13.0. The van der Waals surface area contributed by atoms with Gasteiger partial charge in [0.05, 0.1) is 6.61 Å². The zero-order valence-electron chi connectivity index (χ0n) is 10.7. The minimum Gasteiger partial charge on any atom is -0.366 e. The lowest BCUT2D eigenvalue weighted by atomic mass is 9.76. The number of carbonyl (C=O) groups is 1. The highest BCUT2D eigenvalue weighted by Gasteiger charge is 2.59. The van der Waals surface area contributed by atoms with Gasteiger partial charge in [-0.3, -0.25) is 14.9 Å². The Labute approximate surface area is 106 Å². The summed E-state index contributed by atoms with van der Waals surface area (Å²) in [6.07, 6.45) is 3.95. The first-order valence-corrected chi connectivity index (χ1v) is 6.17. The van der Waals surface area contributed by atoms with Crippen LogP contribution >= 0.6 is 0 Å². The van der Waals surface area contributed by atoms with Crippen molar-refractivity contribution in [3.63, 3.8) is 0 Å². The third-order valence-electron chi connectivity index (χ3n) is 3.87. The number of fused-ring (bicyclic) bond motifs is 1. The number of likely N-dealkylation sites (N-methyl/N-ethyl adjacent to an activating group) is 1. The van der Waals surface area contributed by atoms with Gasteiger partial charge in [0, 0.05) is 37.1 Å². The van der Waals surface area contributed by atoms with Crippen LogP contribution in [0.15, 0.2) is 11.6 Å². The summed E-state index contributed by atoms with van der Waals surface area (Å²) in [5.74, 6) is -0.221. The molecule has 1 amide bonds. The lowest BCUT2D eigenvalue weighted by Gasteiger charge is -2.30. The maximum absolute atomic E-state index is 11.7. The minimum atomic E-state index is -1.16. The number of hydrogen-bond acceptors (Lipinski definition) is 4. The summed E-state index contributed by atoms with van der Waals surface area (Å²) in [4.78, 5) is 24.4. The molecule has 0 N–H and O–H groups in total. The highest BCUT2D eigenvalue weighted by Crippen LogP contribution is 2.43. The number of hydrogen-bond donors (Lipinski definition) is 0. The van der Waals surface area contributed by atoms with E-state index in [1.165, 1.54) is 11.0 Å². The Morgan fingerprint density at radius 2 is 2.28 bits per heavy atom. The molecule has 1 heterocycles. The Morgan fingerprint density at radius 3 is 2.89 bits per heavy atom. The fourth-order valence-electron chi connectivity index (χ4n) is 2.80. The SMILES string of the molecule is CN(C)C(=O)/C=C1/CO[C@@H]2CCCC[C@]12[N+](=O)[O-]. The summed E-state index contributed by atoms with van der Waals surface area (Å²) in [6, 6.07) is 0. The summed E-state index contributed by atoms with van der Waals surface area (Å²) < 4.78 is 5.53. The highest BCUT2D eigenvalue weighted by atomic mass is 16.6. The molecule has 2 fully saturated rings. The zero-order chi connectivity index (χ0) is 13.3. The maximum Gasteiger partial charge on any atom is 0.271 e. The average molecular weight is 254 g/mol. The van der Waals surface area contributed by atoms with Crippen LogP contribution in [0, 0.1) is 10.1 Å². The van der Waals surface area contributed by atoms with Gasteiger partial charge in [-0.25, -0.2) is 0 Å². The van der Waals surface area contributed by atoms with E-state index >= 15 is 0 Å². The molecule has 0 radical (unpaired) electrons. The van der Waals surface area contributed by atoms with Crippen molar-refractivity contribution in [2.45, 2.75) is 37.3 Å². The topological polar surface area (TPSA) is 72.7 Å². The summed E-state index contributed by atoms with van der Waals surface area (Å²) >= 11 is 0.